The van der Waals surface area contributed by atoms with E-state index in [4.69, 9.17) is 9.47 Å². The third-order valence-electron chi connectivity index (χ3n) is 4.13. The van der Waals surface area contributed by atoms with Gasteiger partial charge in [0, 0.05) is 0 Å². The summed E-state index contributed by atoms with van der Waals surface area (Å²) in [5, 5.41) is 0. The Hall–Kier alpha value is -3.40. The fourth-order valence-electron chi connectivity index (χ4n) is 2.50. The predicted octanol–water partition coefficient (Wildman–Crippen LogP) is 5.05. The number of rotatable bonds is 4. The van der Waals surface area contributed by atoms with Crippen LogP contribution in [0, 0.1) is 20.8 Å². The van der Waals surface area contributed by atoms with E-state index in [1.807, 2.05) is 38.1 Å². The topological polar surface area (TPSA) is 52.6 Å². The van der Waals surface area contributed by atoms with Crippen LogP contribution in [0.2, 0.25) is 0 Å². The van der Waals surface area contributed by atoms with Gasteiger partial charge in [-0.05, 0) is 68.8 Å². The maximum Gasteiger partial charge on any atom is 0.343 e. The van der Waals surface area contributed by atoms with Gasteiger partial charge in [0.25, 0.3) is 0 Å². The van der Waals surface area contributed by atoms with Gasteiger partial charge in [0.2, 0.25) is 0 Å². The van der Waals surface area contributed by atoms with Crippen LogP contribution in [0.5, 0.6) is 11.5 Å². The molecule has 4 nitrogen and oxygen atoms in total. The van der Waals surface area contributed by atoms with E-state index < -0.39 is 11.9 Å². The molecule has 0 fully saturated rings. The molecule has 0 heterocycles. The van der Waals surface area contributed by atoms with Crippen LogP contribution in [0.1, 0.15) is 37.4 Å². The minimum atomic E-state index is -0.432. The Labute approximate surface area is 158 Å². The number of hydrogen-bond acceptors (Lipinski definition) is 4. The summed E-state index contributed by atoms with van der Waals surface area (Å²) in [6.45, 7) is 5.70. The molecule has 27 heavy (non-hydrogen) atoms. The number of carbonyl (C=O) groups excluding carboxylic acids is 2. The maximum atomic E-state index is 12.2. The summed E-state index contributed by atoms with van der Waals surface area (Å²) in [7, 11) is 0. The highest BCUT2D eigenvalue weighted by Gasteiger charge is 2.13. The first-order valence-electron chi connectivity index (χ1n) is 8.61. The van der Waals surface area contributed by atoms with E-state index in [1.165, 1.54) is 0 Å². The summed E-state index contributed by atoms with van der Waals surface area (Å²) in [6.07, 6.45) is 0. The zero-order valence-corrected chi connectivity index (χ0v) is 15.5. The van der Waals surface area contributed by atoms with Gasteiger partial charge in [0.1, 0.15) is 11.5 Å². The molecule has 0 unspecified atom stereocenters. The Balaban J connectivity index is 1.69. The largest absolute Gasteiger partial charge is 0.423 e. The molecule has 0 spiro atoms. The summed E-state index contributed by atoms with van der Waals surface area (Å²) in [5.74, 6) is -0.0368. The van der Waals surface area contributed by atoms with Gasteiger partial charge in [-0.3, -0.25) is 0 Å². The van der Waals surface area contributed by atoms with Crippen molar-refractivity contribution in [3.63, 3.8) is 0 Å². The van der Waals surface area contributed by atoms with Gasteiger partial charge < -0.3 is 9.47 Å². The average molecular weight is 360 g/mol. The first kappa shape index (κ1) is 18.4. The third-order valence-corrected chi connectivity index (χ3v) is 4.13. The highest BCUT2D eigenvalue weighted by atomic mass is 16.5. The molecule has 0 aromatic heterocycles. The van der Waals surface area contributed by atoms with Crippen molar-refractivity contribution in [3.05, 3.63) is 94.5 Å². The minimum absolute atomic E-state index is 0.396. The summed E-state index contributed by atoms with van der Waals surface area (Å²) in [5.41, 5.74) is 3.80. The van der Waals surface area contributed by atoms with Crippen LogP contribution in [-0.2, 0) is 0 Å². The Morgan fingerprint density at radius 1 is 0.630 bits per heavy atom. The summed E-state index contributed by atoms with van der Waals surface area (Å²) in [6, 6.07) is 19.2. The van der Waals surface area contributed by atoms with Crippen LogP contribution in [0.15, 0.2) is 66.7 Å². The monoisotopic (exact) mass is 360 g/mol. The molecule has 0 radical (unpaired) electrons. The molecule has 0 atom stereocenters. The van der Waals surface area contributed by atoms with Gasteiger partial charge in [-0.2, -0.15) is 0 Å². The lowest BCUT2D eigenvalue weighted by Gasteiger charge is -2.10. The highest BCUT2D eigenvalue weighted by molar-refractivity contribution is 5.92. The maximum absolute atomic E-state index is 12.2. The SMILES string of the molecule is Cc1ccc(C(=O)Oc2ccc(OC(=O)c3ccc(C)cc3)c(C)c2)cc1. The lowest BCUT2D eigenvalue weighted by molar-refractivity contribution is 0.0718. The fourth-order valence-corrected chi connectivity index (χ4v) is 2.50. The fraction of sp³-hybridized carbons (Fsp3) is 0.130. The number of aryl methyl sites for hydroxylation is 3. The molecule has 0 saturated heterocycles. The quantitative estimate of drug-likeness (QED) is 0.482. The number of ether oxygens (including phenoxy) is 2. The van der Waals surface area contributed by atoms with Gasteiger partial charge in [0.15, 0.2) is 0 Å². The van der Waals surface area contributed by atoms with Crippen molar-refractivity contribution in [2.75, 3.05) is 0 Å². The number of benzene rings is 3. The molecule has 4 heteroatoms. The highest BCUT2D eigenvalue weighted by Crippen LogP contribution is 2.25. The first-order valence-corrected chi connectivity index (χ1v) is 8.61. The van der Waals surface area contributed by atoms with Crippen molar-refractivity contribution in [1.29, 1.82) is 0 Å². The van der Waals surface area contributed by atoms with Crippen LogP contribution in [0.3, 0.4) is 0 Å². The lowest BCUT2D eigenvalue weighted by Crippen LogP contribution is -2.10. The van der Waals surface area contributed by atoms with Crippen molar-refractivity contribution >= 4 is 11.9 Å². The van der Waals surface area contributed by atoms with Crippen molar-refractivity contribution < 1.29 is 19.1 Å². The number of esters is 2. The van der Waals surface area contributed by atoms with Gasteiger partial charge >= 0.3 is 11.9 Å². The van der Waals surface area contributed by atoms with E-state index in [0.29, 0.717) is 28.2 Å². The van der Waals surface area contributed by atoms with E-state index >= 15 is 0 Å². The molecule has 0 aliphatic heterocycles. The second kappa shape index (κ2) is 7.87. The van der Waals surface area contributed by atoms with Crippen LogP contribution >= 0.6 is 0 Å². The minimum Gasteiger partial charge on any atom is -0.423 e. The zero-order valence-electron chi connectivity index (χ0n) is 15.5. The molecule has 0 aliphatic rings. The van der Waals surface area contributed by atoms with E-state index in [1.54, 1.807) is 49.4 Å². The van der Waals surface area contributed by atoms with E-state index in [0.717, 1.165) is 11.1 Å². The molecule has 0 N–H and O–H groups in total. The van der Waals surface area contributed by atoms with Crippen molar-refractivity contribution in [1.82, 2.24) is 0 Å². The normalized spacial score (nSPS) is 10.3. The van der Waals surface area contributed by atoms with Gasteiger partial charge in [-0.1, -0.05) is 35.4 Å². The van der Waals surface area contributed by atoms with Gasteiger partial charge in [-0.25, -0.2) is 9.59 Å². The summed E-state index contributed by atoms with van der Waals surface area (Å²) in [4.78, 5) is 24.4. The van der Waals surface area contributed by atoms with Crippen molar-refractivity contribution in [2.45, 2.75) is 20.8 Å². The van der Waals surface area contributed by atoms with Crippen molar-refractivity contribution in [3.8, 4) is 11.5 Å². The average Bonchev–Trinajstić information content (AvgIpc) is 2.65. The second-order valence-corrected chi connectivity index (χ2v) is 6.44. The Morgan fingerprint density at radius 2 is 1.11 bits per heavy atom. The van der Waals surface area contributed by atoms with E-state index in [2.05, 4.69) is 0 Å². The molecule has 0 saturated carbocycles. The molecular weight excluding hydrogens is 340 g/mol. The van der Waals surface area contributed by atoms with Crippen LogP contribution in [-0.4, -0.2) is 11.9 Å². The number of hydrogen-bond donors (Lipinski definition) is 0. The molecule has 3 aromatic carbocycles. The third kappa shape index (κ3) is 4.61. The standard InChI is InChI=1S/C23H20O4/c1-15-4-8-18(9-5-15)22(24)26-20-12-13-21(17(3)14-20)27-23(25)19-10-6-16(2)7-11-19/h4-14H,1-3H3. The molecule has 3 rings (SSSR count). The van der Waals surface area contributed by atoms with Crippen molar-refractivity contribution in [2.24, 2.45) is 0 Å². The zero-order chi connectivity index (χ0) is 19.4. The van der Waals surface area contributed by atoms with Crippen LogP contribution in [0.25, 0.3) is 0 Å². The predicted molar refractivity (Wildman–Crippen MR) is 103 cm³/mol. The Bertz CT molecular complexity index is 970. The first-order chi connectivity index (χ1) is 12.9. The molecular formula is C23H20O4. The summed E-state index contributed by atoms with van der Waals surface area (Å²) < 4.78 is 10.8. The van der Waals surface area contributed by atoms with Crippen LogP contribution < -0.4 is 9.47 Å². The lowest BCUT2D eigenvalue weighted by atomic mass is 10.1. The smallest absolute Gasteiger partial charge is 0.343 e. The second-order valence-electron chi connectivity index (χ2n) is 6.44. The Morgan fingerprint density at radius 3 is 1.59 bits per heavy atom. The summed E-state index contributed by atoms with van der Waals surface area (Å²) >= 11 is 0. The Kier molecular flexibility index (Phi) is 5.36. The molecule has 0 aliphatic carbocycles. The molecule has 3 aromatic rings. The molecule has 0 amide bonds. The van der Waals surface area contributed by atoms with Gasteiger partial charge in [0.05, 0.1) is 11.1 Å². The molecule has 0 bridgehead atoms. The van der Waals surface area contributed by atoms with E-state index in [9.17, 15) is 9.59 Å². The number of carbonyl (C=O) groups is 2. The van der Waals surface area contributed by atoms with Crippen LogP contribution in [0.4, 0.5) is 0 Å². The van der Waals surface area contributed by atoms with Gasteiger partial charge in [-0.15, -0.1) is 0 Å². The van der Waals surface area contributed by atoms with E-state index in [-0.39, 0.29) is 0 Å². The molecule has 136 valence electrons.